The summed E-state index contributed by atoms with van der Waals surface area (Å²) in [7, 11) is 0. The van der Waals surface area contributed by atoms with Gasteiger partial charge in [-0.3, -0.25) is 14.4 Å². The fourth-order valence-corrected chi connectivity index (χ4v) is 5.64. The highest BCUT2D eigenvalue weighted by molar-refractivity contribution is 5.95. The van der Waals surface area contributed by atoms with Crippen LogP contribution in [0.2, 0.25) is 0 Å². The van der Waals surface area contributed by atoms with Crippen molar-refractivity contribution in [2.75, 3.05) is 19.6 Å². The van der Waals surface area contributed by atoms with Gasteiger partial charge in [0.25, 0.3) is 0 Å². The number of nitrogens with one attached hydrogen (secondary N) is 2. The summed E-state index contributed by atoms with van der Waals surface area (Å²) in [6, 6.07) is 4.55. The van der Waals surface area contributed by atoms with E-state index in [2.05, 4.69) is 10.3 Å². The van der Waals surface area contributed by atoms with E-state index < -0.39 is 36.0 Å². The fourth-order valence-electron chi connectivity index (χ4n) is 5.64. The number of para-hydroxylation sites is 1. The Labute approximate surface area is 221 Å². The Morgan fingerprint density at radius 1 is 1.05 bits per heavy atom. The van der Waals surface area contributed by atoms with Gasteiger partial charge in [-0.25, -0.2) is 4.79 Å². The van der Waals surface area contributed by atoms with E-state index in [-0.39, 0.29) is 18.2 Å². The van der Waals surface area contributed by atoms with Gasteiger partial charge in [-0.2, -0.15) is 0 Å². The van der Waals surface area contributed by atoms with E-state index in [9.17, 15) is 24.3 Å². The number of hydrogen-bond donors (Lipinski definition) is 5. The minimum atomic E-state index is -1.11. The number of aromatic nitrogens is 1. The molecule has 2 aliphatic rings. The standard InChI is InChI=1S/C27H38N6O5/c28-12-4-3-9-21(27(37)38)31-24(34)22-10-5-13-32(22)26(36)23-11-6-14-33(23)25(35)19(29)15-17-16-30-20-8-2-1-7-18(17)20/h1-2,7-8,16,19,21-23,30H,3-6,9-15,28-29H2,(H,31,34)(H,37,38). The number of carboxylic acid groups (broad SMARTS) is 1. The van der Waals surface area contributed by atoms with E-state index in [1.165, 1.54) is 4.90 Å². The molecule has 0 spiro atoms. The highest BCUT2D eigenvalue weighted by Gasteiger charge is 2.43. The lowest BCUT2D eigenvalue weighted by Gasteiger charge is -2.32. The van der Waals surface area contributed by atoms with Gasteiger partial charge in [0, 0.05) is 30.2 Å². The Bertz CT molecular complexity index is 1170. The number of hydrogen-bond acceptors (Lipinski definition) is 6. The molecule has 7 N–H and O–H groups in total. The zero-order valence-corrected chi connectivity index (χ0v) is 21.6. The molecule has 206 valence electrons. The third-order valence-electron chi connectivity index (χ3n) is 7.65. The summed E-state index contributed by atoms with van der Waals surface area (Å²) >= 11 is 0. The van der Waals surface area contributed by atoms with E-state index in [1.54, 1.807) is 4.90 Å². The second-order valence-corrected chi connectivity index (χ2v) is 10.2. The number of unbranched alkanes of at least 4 members (excludes halogenated alkanes) is 1. The number of amides is 3. The van der Waals surface area contributed by atoms with E-state index in [4.69, 9.17) is 11.5 Å². The first-order valence-corrected chi connectivity index (χ1v) is 13.5. The largest absolute Gasteiger partial charge is 0.480 e. The number of nitrogens with two attached hydrogens (primary N) is 2. The summed E-state index contributed by atoms with van der Waals surface area (Å²) in [5.74, 6) is -2.13. The smallest absolute Gasteiger partial charge is 0.326 e. The van der Waals surface area contributed by atoms with Crippen LogP contribution in [0.3, 0.4) is 0 Å². The molecule has 2 aromatic rings. The van der Waals surface area contributed by atoms with Crippen molar-refractivity contribution >= 4 is 34.6 Å². The Kier molecular flexibility index (Phi) is 9.01. The normalized spacial score (nSPS) is 21.0. The van der Waals surface area contributed by atoms with Gasteiger partial charge in [0.2, 0.25) is 17.7 Å². The van der Waals surface area contributed by atoms with E-state index in [1.807, 2.05) is 30.5 Å². The molecule has 2 fully saturated rings. The van der Waals surface area contributed by atoms with Crippen LogP contribution in [0.1, 0.15) is 50.5 Å². The molecule has 2 saturated heterocycles. The molecule has 0 saturated carbocycles. The molecule has 38 heavy (non-hydrogen) atoms. The van der Waals surface area contributed by atoms with Crippen LogP contribution in [-0.4, -0.2) is 87.4 Å². The van der Waals surface area contributed by atoms with Crippen LogP contribution in [0.25, 0.3) is 10.9 Å². The van der Waals surface area contributed by atoms with Crippen LogP contribution in [0.5, 0.6) is 0 Å². The number of aliphatic carboxylic acids is 1. The number of carbonyl (C=O) groups excluding carboxylic acids is 3. The number of likely N-dealkylation sites (tertiary alicyclic amines) is 2. The Morgan fingerprint density at radius 2 is 1.76 bits per heavy atom. The second kappa shape index (κ2) is 12.4. The van der Waals surface area contributed by atoms with Crippen LogP contribution in [0, 0.1) is 0 Å². The molecule has 1 aromatic heterocycles. The molecule has 0 radical (unpaired) electrons. The molecular formula is C27H38N6O5. The summed E-state index contributed by atoms with van der Waals surface area (Å²) in [6.45, 7) is 1.28. The number of aromatic amines is 1. The summed E-state index contributed by atoms with van der Waals surface area (Å²) < 4.78 is 0. The number of fused-ring (bicyclic) bond motifs is 1. The third-order valence-corrected chi connectivity index (χ3v) is 7.65. The average molecular weight is 527 g/mol. The van der Waals surface area contributed by atoms with Gasteiger partial charge in [0.05, 0.1) is 6.04 Å². The first kappa shape index (κ1) is 27.6. The first-order valence-electron chi connectivity index (χ1n) is 13.5. The van der Waals surface area contributed by atoms with Crippen LogP contribution in [-0.2, 0) is 25.6 Å². The Hall–Kier alpha value is -3.44. The predicted octanol–water partition coefficient (Wildman–Crippen LogP) is 0.718. The maximum atomic E-state index is 13.6. The van der Waals surface area contributed by atoms with Gasteiger partial charge in [-0.1, -0.05) is 18.2 Å². The van der Waals surface area contributed by atoms with Crippen LogP contribution < -0.4 is 16.8 Å². The van der Waals surface area contributed by atoms with Gasteiger partial charge in [0.15, 0.2) is 0 Å². The lowest BCUT2D eigenvalue weighted by atomic mass is 10.0. The summed E-state index contributed by atoms with van der Waals surface area (Å²) in [5, 5.41) is 13.1. The van der Waals surface area contributed by atoms with E-state index in [0.29, 0.717) is 64.6 Å². The summed E-state index contributed by atoms with van der Waals surface area (Å²) in [6.07, 6.45) is 6.00. The van der Waals surface area contributed by atoms with Gasteiger partial charge < -0.3 is 36.7 Å². The molecule has 11 heteroatoms. The van der Waals surface area contributed by atoms with Gasteiger partial charge in [-0.05, 0) is 69.5 Å². The lowest BCUT2D eigenvalue weighted by Crippen LogP contribution is -2.56. The second-order valence-electron chi connectivity index (χ2n) is 10.2. The summed E-state index contributed by atoms with van der Waals surface area (Å²) in [5.41, 5.74) is 13.8. The molecule has 3 amide bonds. The van der Waals surface area contributed by atoms with Gasteiger partial charge >= 0.3 is 5.97 Å². The quantitative estimate of drug-likeness (QED) is 0.268. The molecule has 0 bridgehead atoms. The minimum absolute atomic E-state index is 0.275. The van der Waals surface area contributed by atoms with Crippen molar-refractivity contribution in [1.29, 1.82) is 0 Å². The third kappa shape index (κ3) is 5.99. The molecule has 4 unspecified atom stereocenters. The number of benzene rings is 1. The minimum Gasteiger partial charge on any atom is -0.480 e. The SMILES string of the molecule is NCCCCC(NC(=O)C1CCCN1C(=O)C1CCCN1C(=O)C(N)Cc1c[nH]c2ccccc12)C(=O)O. The topological polar surface area (TPSA) is 175 Å². The first-order chi connectivity index (χ1) is 18.3. The number of carbonyl (C=O) groups is 4. The fraction of sp³-hybridized carbons (Fsp3) is 0.556. The number of carboxylic acids is 1. The zero-order chi connectivity index (χ0) is 27.2. The van der Waals surface area contributed by atoms with Crippen LogP contribution >= 0.6 is 0 Å². The maximum Gasteiger partial charge on any atom is 0.326 e. The molecular weight excluding hydrogens is 488 g/mol. The number of nitrogens with zero attached hydrogens (tertiary/aromatic N) is 2. The Balaban J connectivity index is 1.40. The zero-order valence-electron chi connectivity index (χ0n) is 21.6. The molecule has 1 aromatic carbocycles. The summed E-state index contributed by atoms with van der Waals surface area (Å²) in [4.78, 5) is 57.9. The van der Waals surface area contributed by atoms with Crippen LogP contribution in [0.4, 0.5) is 0 Å². The predicted molar refractivity (Wildman–Crippen MR) is 142 cm³/mol. The molecule has 4 atom stereocenters. The van der Waals surface area contributed by atoms with Crippen molar-refractivity contribution in [2.45, 2.75) is 75.5 Å². The molecule has 2 aliphatic heterocycles. The van der Waals surface area contributed by atoms with E-state index >= 15 is 0 Å². The van der Waals surface area contributed by atoms with Crippen molar-refractivity contribution in [2.24, 2.45) is 11.5 Å². The lowest BCUT2D eigenvalue weighted by molar-refractivity contribution is -0.148. The van der Waals surface area contributed by atoms with Crippen molar-refractivity contribution in [3.05, 3.63) is 36.0 Å². The maximum absolute atomic E-state index is 13.6. The van der Waals surface area contributed by atoms with Crippen LogP contribution in [0.15, 0.2) is 30.5 Å². The van der Waals surface area contributed by atoms with Gasteiger partial charge in [0.1, 0.15) is 18.1 Å². The van der Waals surface area contributed by atoms with Gasteiger partial charge in [-0.15, -0.1) is 0 Å². The molecule has 11 nitrogen and oxygen atoms in total. The number of rotatable bonds is 11. The molecule has 0 aliphatic carbocycles. The number of H-pyrrole nitrogens is 1. The highest BCUT2D eigenvalue weighted by atomic mass is 16.4. The van der Waals surface area contributed by atoms with Crippen molar-refractivity contribution in [3.8, 4) is 0 Å². The van der Waals surface area contributed by atoms with Crippen molar-refractivity contribution in [1.82, 2.24) is 20.1 Å². The molecule has 3 heterocycles. The molecule has 4 rings (SSSR count). The van der Waals surface area contributed by atoms with Crippen molar-refractivity contribution < 1.29 is 24.3 Å². The monoisotopic (exact) mass is 526 g/mol. The van der Waals surface area contributed by atoms with Crippen molar-refractivity contribution in [3.63, 3.8) is 0 Å². The van der Waals surface area contributed by atoms with E-state index in [0.717, 1.165) is 16.5 Å². The average Bonchev–Trinajstić information content (AvgIpc) is 3.67. The highest BCUT2D eigenvalue weighted by Crippen LogP contribution is 2.26. The Morgan fingerprint density at radius 3 is 2.50 bits per heavy atom.